The van der Waals surface area contributed by atoms with E-state index in [4.69, 9.17) is 5.73 Å². The standard InChI is InChI=1S/C15H20N2S/c1-3-15(11-16,13-7-5-4-6-8-13)9-14-10-18-12(2)17-14/h4-8,10H,3,9,11,16H2,1-2H3. The Morgan fingerprint density at radius 3 is 2.50 bits per heavy atom. The van der Waals surface area contributed by atoms with Gasteiger partial charge in [0.15, 0.2) is 0 Å². The van der Waals surface area contributed by atoms with E-state index in [1.165, 1.54) is 5.56 Å². The lowest BCUT2D eigenvalue weighted by Gasteiger charge is -2.31. The molecule has 2 N–H and O–H groups in total. The van der Waals surface area contributed by atoms with Crippen LogP contribution in [0.2, 0.25) is 0 Å². The summed E-state index contributed by atoms with van der Waals surface area (Å²) in [4.78, 5) is 4.58. The summed E-state index contributed by atoms with van der Waals surface area (Å²) < 4.78 is 0. The van der Waals surface area contributed by atoms with Gasteiger partial charge < -0.3 is 5.73 Å². The van der Waals surface area contributed by atoms with Crippen molar-refractivity contribution in [1.29, 1.82) is 0 Å². The molecule has 0 spiro atoms. The third-order valence-corrected chi connectivity index (χ3v) is 4.46. The maximum atomic E-state index is 6.08. The van der Waals surface area contributed by atoms with E-state index in [1.54, 1.807) is 11.3 Å². The Hall–Kier alpha value is -1.19. The Morgan fingerprint density at radius 2 is 2.00 bits per heavy atom. The first-order valence-electron chi connectivity index (χ1n) is 6.37. The molecule has 96 valence electrons. The second-order valence-corrected chi connectivity index (χ2v) is 5.80. The van der Waals surface area contributed by atoms with Crippen LogP contribution >= 0.6 is 11.3 Å². The molecule has 0 bridgehead atoms. The summed E-state index contributed by atoms with van der Waals surface area (Å²) >= 11 is 1.71. The Labute approximate surface area is 113 Å². The van der Waals surface area contributed by atoms with Crippen molar-refractivity contribution >= 4 is 11.3 Å². The third-order valence-electron chi connectivity index (χ3n) is 3.64. The minimum Gasteiger partial charge on any atom is -0.330 e. The van der Waals surface area contributed by atoms with Crippen LogP contribution in [0.4, 0.5) is 0 Å². The van der Waals surface area contributed by atoms with E-state index in [-0.39, 0.29) is 5.41 Å². The molecule has 1 aromatic heterocycles. The van der Waals surface area contributed by atoms with E-state index in [1.807, 2.05) is 13.0 Å². The molecular formula is C15H20N2S. The molecule has 0 fully saturated rings. The van der Waals surface area contributed by atoms with E-state index in [0.29, 0.717) is 6.54 Å². The topological polar surface area (TPSA) is 38.9 Å². The minimum atomic E-state index is 0.0156. The van der Waals surface area contributed by atoms with Crippen LogP contribution in [0.25, 0.3) is 0 Å². The summed E-state index contributed by atoms with van der Waals surface area (Å²) in [5.74, 6) is 0. The van der Waals surface area contributed by atoms with Crippen LogP contribution in [0, 0.1) is 6.92 Å². The van der Waals surface area contributed by atoms with Crippen molar-refractivity contribution in [2.45, 2.75) is 32.1 Å². The number of rotatable bonds is 5. The number of hydrogen-bond acceptors (Lipinski definition) is 3. The van der Waals surface area contributed by atoms with E-state index in [2.05, 4.69) is 41.6 Å². The number of thiazole rings is 1. The van der Waals surface area contributed by atoms with E-state index in [9.17, 15) is 0 Å². The first-order valence-corrected chi connectivity index (χ1v) is 7.25. The van der Waals surface area contributed by atoms with Gasteiger partial charge in [0.05, 0.1) is 10.7 Å². The smallest absolute Gasteiger partial charge is 0.0897 e. The summed E-state index contributed by atoms with van der Waals surface area (Å²) in [6, 6.07) is 10.6. The van der Waals surface area contributed by atoms with Crippen molar-refractivity contribution in [2.24, 2.45) is 5.73 Å². The quantitative estimate of drug-likeness (QED) is 0.896. The lowest BCUT2D eigenvalue weighted by atomic mass is 9.75. The molecule has 2 nitrogen and oxygen atoms in total. The third kappa shape index (κ3) is 2.62. The van der Waals surface area contributed by atoms with Crippen LogP contribution in [0.15, 0.2) is 35.7 Å². The Kier molecular flexibility index (Phi) is 4.15. The van der Waals surface area contributed by atoms with Crippen molar-refractivity contribution in [3.05, 3.63) is 52.0 Å². The normalized spacial score (nSPS) is 14.4. The van der Waals surface area contributed by atoms with Gasteiger partial charge in [-0.1, -0.05) is 37.3 Å². The van der Waals surface area contributed by atoms with Gasteiger partial charge in [-0.2, -0.15) is 0 Å². The largest absolute Gasteiger partial charge is 0.330 e. The van der Waals surface area contributed by atoms with Gasteiger partial charge >= 0.3 is 0 Å². The second-order valence-electron chi connectivity index (χ2n) is 4.74. The van der Waals surface area contributed by atoms with E-state index < -0.39 is 0 Å². The molecule has 1 heterocycles. The zero-order chi connectivity index (χ0) is 13.0. The molecule has 0 aliphatic rings. The monoisotopic (exact) mass is 260 g/mol. The van der Waals surface area contributed by atoms with Gasteiger partial charge in [-0.3, -0.25) is 0 Å². The fourth-order valence-corrected chi connectivity index (χ4v) is 3.01. The molecule has 0 saturated carbocycles. The average molecular weight is 260 g/mol. The number of aromatic nitrogens is 1. The lowest BCUT2D eigenvalue weighted by molar-refractivity contribution is 0.415. The number of benzene rings is 1. The molecule has 0 radical (unpaired) electrons. The van der Waals surface area contributed by atoms with Crippen molar-refractivity contribution in [3.8, 4) is 0 Å². The van der Waals surface area contributed by atoms with Crippen molar-refractivity contribution in [3.63, 3.8) is 0 Å². The van der Waals surface area contributed by atoms with Crippen LogP contribution in [0.5, 0.6) is 0 Å². The average Bonchev–Trinajstić information content (AvgIpc) is 2.82. The number of nitrogens with zero attached hydrogens (tertiary/aromatic N) is 1. The minimum absolute atomic E-state index is 0.0156. The van der Waals surface area contributed by atoms with Crippen LogP contribution in [-0.4, -0.2) is 11.5 Å². The van der Waals surface area contributed by atoms with Gasteiger partial charge in [-0.15, -0.1) is 11.3 Å². The summed E-state index contributed by atoms with van der Waals surface area (Å²) in [5, 5.41) is 3.28. The molecule has 1 aromatic carbocycles. The predicted molar refractivity (Wildman–Crippen MR) is 78.0 cm³/mol. The van der Waals surface area contributed by atoms with Crippen molar-refractivity contribution in [2.75, 3.05) is 6.54 Å². The zero-order valence-corrected chi connectivity index (χ0v) is 11.8. The molecular weight excluding hydrogens is 240 g/mol. The highest BCUT2D eigenvalue weighted by Gasteiger charge is 2.29. The van der Waals surface area contributed by atoms with Gasteiger partial charge in [0.1, 0.15) is 0 Å². The Bertz CT molecular complexity index is 486. The summed E-state index contributed by atoms with van der Waals surface area (Å²) in [6.07, 6.45) is 1.96. The van der Waals surface area contributed by atoms with Gasteiger partial charge in [0.25, 0.3) is 0 Å². The molecule has 0 aliphatic carbocycles. The summed E-state index contributed by atoms with van der Waals surface area (Å²) in [6.45, 7) is 4.91. The zero-order valence-electron chi connectivity index (χ0n) is 11.0. The molecule has 1 atom stereocenters. The fraction of sp³-hybridized carbons (Fsp3) is 0.400. The SMILES string of the molecule is CCC(CN)(Cc1csc(C)n1)c1ccccc1. The molecule has 1 unspecified atom stereocenters. The lowest BCUT2D eigenvalue weighted by Crippen LogP contribution is -2.36. The van der Waals surface area contributed by atoms with E-state index in [0.717, 1.165) is 23.5 Å². The van der Waals surface area contributed by atoms with Crippen LogP contribution in [0.3, 0.4) is 0 Å². The highest BCUT2D eigenvalue weighted by molar-refractivity contribution is 7.09. The molecule has 2 aromatic rings. The van der Waals surface area contributed by atoms with Crippen molar-refractivity contribution in [1.82, 2.24) is 4.98 Å². The van der Waals surface area contributed by atoms with Crippen LogP contribution in [-0.2, 0) is 11.8 Å². The number of hydrogen-bond donors (Lipinski definition) is 1. The Morgan fingerprint density at radius 1 is 1.28 bits per heavy atom. The van der Waals surface area contributed by atoms with Crippen LogP contribution < -0.4 is 5.73 Å². The molecule has 0 saturated heterocycles. The summed E-state index contributed by atoms with van der Waals surface area (Å²) in [7, 11) is 0. The predicted octanol–water partition coefficient (Wildman–Crippen LogP) is 3.30. The molecule has 3 heteroatoms. The first-order chi connectivity index (χ1) is 8.70. The number of nitrogens with two attached hydrogens (primary N) is 1. The molecule has 2 rings (SSSR count). The highest BCUT2D eigenvalue weighted by Crippen LogP contribution is 2.31. The Balaban J connectivity index is 2.32. The second kappa shape index (κ2) is 5.63. The first kappa shape index (κ1) is 13.2. The van der Waals surface area contributed by atoms with Gasteiger partial charge in [0.2, 0.25) is 0 Å². The molecule has 0 aliphatic heterocycles. The van der Waals surface area contributed by atoms with Gasteiger partial charge in [-0.25, -0.2) is 4.98 Å². The maximum Gasteiger partial charge on any atom is 0.0897 e. The fourth-order valence-electron chi connectivity index (χ4n) is 2.39. The molecule has 18 heavy (non-hydrogen) atoms. The van der Waals surface area contributed by atoms with Gasteiger partial charge in [-0.05, 0) is 18.9 Å². The van der Waals surface area contributed by atoms with Gasteiger partial charge in [0, 0.05) is 23.8 Å². The molecule has 0 amide bonds. The van der Waals surface area contributed by atoms with Crippen molar-refractivity contribution < 1.29 is 0 Å². The maximum absolute atomic E-state index is 6.08. The highest BCUT2D eigenvalue weighted by atomic mass is 32.1. The number of aryl methyl sites for hydroxylation is 1. The van der Waals surface area contributed by atoms with E-state index >= 15 is 0 Å². The van der Waals surface area contributed by atoms with Crippen LogP contribution in [0.1, 0.15) is 29.6 Å². The summed E-state index contributed by atoms with van der Waals surface area (Å²) in [5.41, 5.74) is 8.58.